The maximum atomic E-state index is 12.8. The van der Waals surface area contributed by atoms with E-state index in [9.17, 15) is 19.0 Å². The predicted octanol–water partition coefficient (Wildman–Crippen LogP) is 22.2. The number of likely N-dealkylation sites (N-methyl/N-ethyl adjacent to an activating group) is 1. The smallest absolute Gasteiger partial charge is 0.462 e. The number of carbonyl (C=O) groups is 2. The molecular weight excluding hydrogens is 1090 g/mol. The Kier molecular flexibility index (Phi) is 61.3. The molecular formula is C76H125NO8P+. The second kappa shape index (κ2) is 64.8. The average Bonchev–Trinajstić information content (AvgIpc) is 3.53. The van der Waals surface area contributed by atoms with Gasteiger partial charge in [-0.05, 0) is 128 Å². The van der Waals surface area contributed by atoms with Gasteiger partial charge in [-0.3, -0.25) is 18.6 Å². The van der Waals surface area contributed by atoms with Crippen LogP contribution in [0.5, 0.6) is 0 Å². The Morgan fingerprint density at radius 1 is 0.360 bits per heavy atom. The summed E-state index contributed by atoms with van der Waals surface area (Å²) in [5.74, 6) is -0.857. The Bertz CT molecular complexity index is 2060. The van der Waals surface area contributed by atoms with Crippen LogP contribution in [0.4, 0.5) is 0 Å². The minimum absolute atomic E-state index is 0.0145. The third-order valence-electron chi connectivity index (χ3n) is 13.7. The summed E-state index contributed by atoms with van der Waals surface area (Å²) in [7, 11) is 1.43. The van der Waals surface area contributed by atoms with Gasteiger partial charge in [0.25, 0.3) is 0 Å². The van der Waals surface area contributed by atoms with Crippen LogP contribution in [-0.4, -0.2) is 74.9 Å². The lowest BCUT2D eigenvalue weighted by Crippen LogP contribution is -2.37. The zero-order valence-electron chi connectivity index (χ0n) is 55.2. The quantitative estimate of drug-likeness (QED) is 0.0211. The number of phosphoric acid groups is 1. The van der Waals surface area contributed by atoms with Crippen molar-refractivity contribution in [2.75, 3.05) is 47.5 Å². The van der Waals surface area contributed by atoms with Crippen LogP contribution in [0.3, 0.4) is 0 Å². The van der Waals surface area contributed by atoms with Gasteiger partial charge in [-0.25, -0.2) is 4.57 Å². The summed E-state index contributed by atoms with van der Waals surface area (Å²) in [5.41, 5.74) is 0. The fourth-order valence-corrected chi connectivity index (χ4v) is 9.36. The highest BCUT2D eigenvalue weighted by atomic mass is 31.2. The van der Waals surface area contributed by atoms with E-state index in [0.717, 1.165) is 122 Å². The van der Waals surface area contributed by atoms with E-state index < -0.39 is 26.5 Å². The van der Waals surface area contributed by atoms with E-state index in [2.05, 4.69) is 184 Å². The van der Waals surface area contributed by atoms with Crippen LogP contribution in [-0.2, 0) is 32.7 Å². The van der Waals surface area contributed by atoms with Crippen LogP contribution in [0, 0.1) is 0 Å². The third-order valence-corrected chi connectivity index (χ3v) is 14.7. The van der Waals surface area contributed by atoms with Gasteiger partial charge in [0.05, 0.1) is 27.7 Å². The number of unbranched alkanes of at least 4 members (excludes halogenated alkanes) is 18. The molecule has 86 heavy (non-hydrogen) atoms. The molecule has 0 radical (unpaired) electrons. The first-order valence-corrected chi connectivity index (χ1v) is 35.4. The van der Waals surface area contributed by atoms with E-state index in [1.165, 1.54) is 89.9 Å². The van der Waals surface area contributed by atoms with Crippen molar-refractivity contribution < 1.29 is 42.1 Å². The number of hydrogen-bond donors (Lipinski definition) is 1. The molecule has 0 rings (SSSR count). The summed E-state index contributed by atoms with van der Waals surface area (Å²) in [6.07, 6.45) is 98.8. The van der Waals surface area contributed by atoms with Crippen LogP contribution in [0.1, 0.15) is 245 Å². The van der Waals surface area contributed by atoms with Gasteiger partial charge in [0.1, 0.15) is 19.8 Å². The Balaban J connectivity index is 4.16. The van der Waals surface area contributed by atoms with E-state index in [1.807, 2.05) is 21.1 Å². The van der Waals surface area contributed by atoms with Crippen LogP contribution in [0.15, 0.2) is 170 Å². The van der Waals surface area contributed by atoms with Gasteiger partial charge in [-0.2, -0.15) is 0 Å². The molecule has 0 aromatic heterocycles. The largest absolute Gasteiger partial charge is 0.472 e. The second-order valence-corrected chi connectivity index (χ2v) is 24.5. The topological polar surface area (TPSA) is 108 Å². The normalized spacial score (nSPS) is 14.3. The number of ether oxygens (including phenoxy) is 2. The van der Waals surface area contributed by atoms with Crippen LogP contribution in [0.25, 0.3) is 0 Å². The fourth-order valence-electron chi connectivity index (χ4n) is 8.62. The lowest BCUT2D eigenvalue weighted by atomic mass is 10.0. The monoisotopic (exact) mass is 1210 g/mol. The molecule has 0 aliphatic rings. The zero-order chi connectivity index (χ0) is 62.6. The molecule has 2 unspecified atom stereocenters. The van der Waals surface area contributed by atoms with E-state index in [4.69, 9.17) is 18.5 Å². The van der Waals surface area contributed by atoms with Crippen molar-refractivity contribution >= 4 is 19.8 Å². The maximum Gasteiger partial charge on any atom is 0.472 e. The summed E-state index contributed by atoms with van der Waals surface area (Å²) in [6, 6.07) is 0. The number of quaternary nitrogens is 1. The van der Waals surface area contributed by atoms with Gasteiger partial charge < -0.3 is 18.9 Å². The predicted molar refractivity (Wildman–Crippen MR) is 371 cm³/mol. The Morgan fingerprint density at radius 3 is 0.953 bits per heavy atom. The van der Waals surface area contributed by atoms with E-state index in [-0.39, 0.29) is 32.0 Å². The molecule has 2 atom stereocenters. The highest BCUT2D eigenvalue weighted by molar-refractivity contribution is 7.47. The minimum atomic E-state index is -4.42. The summed E-state index contributed by atoms with van der Waals surface area (Å²) >= 11 is 0. The molecule has 486 valence electrons. The molecule has 0 bridgehead atoms. The first kappa shape index (κ1) is 81.4. The van der Waals surface area contributed by atoms with Crippen molar-refractivity contribution in [3.05, 3.63) is 170 Å². The molecule has 0 amide bonds. The highest BCUT2D eigenvalue weighted by Gasteiger charge is 2.27. The molecule has 0 aromatic rings. The Labute approximate surface area is 528 Å². The molecule has 0 aromatic carbocycles. The fraction of sp³-hybridized carbons (Fsp3) is 0.605. The molecule has 9 nitrogen and oxygen atoms in total. The summed E-state index contributed by atoms with van der Waals surface area (Å²) < 4.78 is 34.6. The Morgan fingerprint density at radius 2 is 0.628 bits per heavy atom. The van der Waals surface area contributed by atoms with Crippen molar-refractivity contribution in [3.8, 4) is 0 Å². The molecule has 10 heteroatoms. The summed E-state index contributed by atoms with van der Waals surface area (Å²) in [5, 5.41) is 0. The number of esters is 2. The van der Waals surface area contributed by atoms with E-state index in [0.29, 0.717) is 17.4 Å². The van der Waals surface area contributed by atoms with E-state index >= 15 is 0 Å². The van der Waals surface area contributed by atoms with Gasteiger partial charge in [-0.15, -0.1) is 0 Å². The molecule has 0 spiro atoms. The molecule has 0 heterocycles. The lowest BCUT2D eigenvalue weighted by molar-refractivity contribution is -0.870. The van der Waals surface area contributed by atoms with Crippen molar-refractivity contribution in [3.63, 3.8) is 0 Å². The van der Waals surface area contributed by atoms with Gasteiger partial charge in [0, 0.05) is 12.8 Å². The number of nitrogens with zero attached hydrogens (tertiary/aromatic N) is 1. The summed E-state index contributed by atoms with van der Waals surface area (Å²) in [4.78, 5) is 35.8. The molecule has 0 fully saturated rings. The van der Waals surface area contributed by atoms with Gasteiger partial charge in [-0.1, -0.05) is 274 Å². The van der Waals surface area contributed by atoms with Crippen molar-refractivity contribution in [2.45, 2.75) is 251 Å². The standard InChI is InChI=1S/C76H124NO8P/c1-6-8-10-12-14-16-18-20-22-24-26-28-30-32-34-35-36-37-38-39-40-41-43-44-46-48-50-52-54-56-58-60-62-64-66-68-75(78)82-72-74(73-84-86(80,81)83-71-70-77(3,4)5)85-76(79)69-67-65-63-61-59-57-55-53-51-49-47-45-42-33-31-29-27-25-23-21-19-17-15-13-11-9-7-2/h8-11,14-17,20-23,26-29,32-34,36-37,42,47,49,53,55,59,61,74H,6-7,12-13,18-19,24-25,30-31,35,38-41,43-46,48,50-52,54,56-58,60,62-73H2,1-5H3/p+1/b10-8-,11-9-,16-14-,17-15-,22-20-,23-21-,28-26-,29-27-,34-32-,37-36-,42-33-,49-47-,55-53-,61-59-. The van der Waals surface area contributed by atoms with Gasteiger partial charge >= 0.3 is 19.8 Å². The molecule has 0 aliphatic carbocycles. The van der Waals surface area contributed by atoms with Crippen molar-refractivity contribution in [1.82, 2.24) is 0 Å². The van der Waals surface area contributed by atoms with Gasteiger partial charge in [0.15, 0.2) is 6.10 Å². The molecule has 0 saturated heterocycles. The SMILES string of the molecule is CC/C=C\C/C=C\C/C=C\C/C=C\C/C=C\C/C=C\C/C=C\C/C=C\CCCCC(=O)OC(COC(=O)CCCCCCCCCCCCCCCCCC/C=C\C/C=C\C/C=C\C/C=C\C/C=C\C/C=C\CC)COP(=O)(O)OCC[N+](C)(C)C. The third kappa shape index (κ3) is 68.5. The van der Waals surface area contributed by atoms with E-state index in [1.54, 1.807) is 0 Å². The van der Waals surface area contributed by atoms with Crippen LogP contribution < -0.4 is 0 Å². The van der Waals surface area contributed by atoms with Crippen molar-refractivity contribution in [1.29, 1.82) is 0 Å². The molecule has 1 N–H and O–H groups in total. The first-order chi connectivity index (χ1) is 42.0. The van der Waals surface area contributed by atoms with Gasteiger partial charge in [0.2, 0.25) is 0 Å². The number of hydrogen-bond acceptors (Lipinski definition) is 7. The number of carbonyl (C=O) groups excluding carboxylic acids is 2. The van der Waals surface area contributed by atoms with Crippen LogP contribution >= 0.6 is 7.82 Å². The number of allylic oxidation sites excluding steroid dienone is 28. The zero-order valence-corrected chi connectivity index (χ0v) is 56.1. The van der Waals surface area contributed by atoms with Crippen molar-refractivity contribution in [2.24, 2.45) is 0 Å². The first-order valence-electron chi connectivity index (χ1n) is 33.9. The highest BCUT2D eigenvalue weighted by Crippen LogP contribution is 2.43. The lowest BCUT2D eigenvalue weighted by Gasteiger charge is -2.24. The number of phosphoric ester groups is 1. The Hall–Kier alpha value is -4.63. The average molecular weight is 1210 g/mol. The second-order valence-electron chi connectivity index (χ2n) is 23.1. The number of rotatable bonds is 60. The molecule has 0 aliphatic heterocycles. The minimum Gasteiger partial charge on any atom is -0.462 e. The maximum absolute atomic E-state index is 12.8. The summed E-state index contributed by atoms with van der Waals surface area (Å²) in [6.45, 7) is 4.14. The molecule has 0 saturated carbocycles. The van der Waals surface area contributed by atoms with Crippen LogP contribution in [0.2, 0.25) is 0 Å².